The molecule has 17 heavy (non-hydrogen) atoms. The monoisotopic (exact) mass is 274 g/mol. The van der Waals surface area contributed by atoms with Gasteiger partial charge in [-0.1, -0.05) is 29.3 Å². The van der Waals surface area contributed by atoms with Crippen LogP contribution in [0.5, 0.6) is 5.75 Å². The Labute approximate surface area is 109 Å². The Morgan fingerprint density at radius 2 is 2.29 bits per heavy atom. The Hall–Kier alpha value is -0.970. The highest BCUT2D eigenvalue weighted by Gasteiger charge is 2.29. The minimum absolute atomic E-state index is 0.224. The molecule has 0 radical (unpaired) electrons. The Morgan fingerprint density at radius 1 is 1.59 bits per heavy atom. The number of rotatable bonds is 2. The molecule has 1 heterocycles. The molecule has 0 saturated heterocycles. The lowest BCUT2D eigenvalue weighted by Gasteiger charge is -2.13. The Bertz CT molecular complexity index is 463. The summed E-state index contributed by atoms with van der Waals surface area (Å²) in [5.41, 5.74) is 6.32. The Kier molecular flexibility index (Phi) is 3.47. The summed E-state index contributed by atoms with van der Waals surface area (Å²) < 4.78 is 5.43. The standard InChI is InChI=1S/C11H12Cl2N2O2/c1-5(14)11(16)15-8-4-17-10-6(8)2-3-7(12)9(10)13/h2-3,5,8H,4,14H2,1H3,(H,15,16)/t5-,8?/m1/s1. The fourth-order valence-electron chi connectivity index (χ4n) is 1.65. The molecule has 3 N–H and O–H groups in total. The van der Waals surface area contributed by atoms with Crippen LogP contribution in [0.3, 0.4) is 0 Å². The summed E-state index contributed by atoms with van der Waals surface area (Å²) in [5, 5.41) is 3.60. The van der Waals surface area contributed by atoms with Gasteiger partial charge in [-0.05, 0) is 13.0 Å². The summed E-state index contributed by atoms with van der Waals surface area (Å²) in [6.07, 6.45) is 0. The van der Waals surface area contributed by atoms with Crippen molar-refractivity contribution < 1.29 is 9.53 Å². The number of hydrogen-bond donors (Lipinski definition) is 2. The molecule has 2 atom stereocenters. The summed E-state index contributed by atoms with van der Waals surface area (Å²) in [7, 11) is 0. The zero-order valence-corrected chi connectivity index (χ0v) is 10.7. The van der Waals surface area contributed by atoms with Crippen LogP contribution in [0, 0.1) is 0 Å². The SMILES string of the molecule is C[C@@H](N)C(=O)NC1COc2c1ccc(Cl)c2Cl. The highest BCUT2D eigenvalue weighted by Crippen LogP contribution is 2.41. The summed E-state index contributed by atoms with van der Waals surface area (Å²) >= 11 is 11.9. The lowest BCUT2D eigenvalue weighted by Crippen LogP contribution is -2.40. The molecule has 1 aromatic rings. The van der Waals surface area contributed by atoms with Gasteiger partial charge in [-0.2, -0.15) is 0 Å². The van der Waals surface area contributed by atoms with Gasteiger partial charge >= 0.3 is 0 Å². The van der Waals surface area contributed by atoms with E-state index in [1.165, 1.54) is 0 Å². The smallest absolute Gasteiger partial charge is 0.237 e. The van der Waals surface area contributed by atoms with Crippen molar-refractivity contribution in [1.82, 2.24) is 5.32 Å². The molecule has 0 aliphatic carbocycles. The van der Waals surface area contributed by atoms with E-state index in [0.717, 1.165) is 5.56 Å². The van der Waals surface area contributed by atoms with Gasteiger partial charge in [0.2, 0.25) is 5.91 Å². The number of amides is 1. The number of hydrogen-bond acceptors (Lipinski definition) is 3. The predicted molar refractivity (Wildman–Crippen MR) is 66.5 cm³/mol. The minimum Gasteiger partial charge on any atom is -0.489 e. The fraction of sp³-hybridized carbons (Fsp3) is 0.364. The second-order valence-corrected chi connectivity index (χ2v) is 4.73. The first-order valence-corrected chi connectivity index (χ1v) is 5.93. The average molecular weight is 275 g/mol. The van der Waals surface area contributed by atoms with Crippen LogP contribution in [0.25, 0.3) is 0 Å². The van der Waals surface area contributed by atoms with Crippen LogP contribution in [0.4, 0.5) is 0 Å². The molecule has 1 unspecified atom stereocenters. The summed E-state index contributed by atoms with van der Waals surface area (Å²) in [6, 6.07) is 2.70. The van der Waals surface area contributed by atoms with Crippen LogP contribution in [0.15, 0.2) is 12.1 Å². The average Bonchev–Trinajstić information content (AvgIpc) is 2.67. The number of fused-ring (bicyclic) bond motifs is 1. The van der Waals surface area contributed by atoms with Gasteiger partial charge in [-0.25, -0.2) is 0 Å². The number of ether oxygens (including phenoxy) is 1. The minimum atomic E-state index is -0.554. The number of nitrogens with two attached hydrogens (primary N) is 1. The topological polar surface area (TPSA) is 64.4 Å². The van der Waals surface area contributed by atoms with Gasteiger partial charge in [0, 0.05) is 5.56 Å². The first kappa shape index (κ1) is 12.5. The first-order chi connectivity index (χ1) is 8.00. The van der Waals surface area contributed by atoms with Crippen molar-refractivity contribution >= 4 is 29.1 Å². The van der Waals surface area contributed by atoms with E-state index in [1.54, 1.807) is 19.1 Å². The summed E-state index contributed by atoms with van der Waals surface area (Å²) in [4.78, 5) is 11.5. The molecule has 6 heteroatoms. The van der Waals surface area contributed by atoms with E-state index >= 15 is 0 Å². The van der Waals surface area contributed by atoms with E-state index in [-0.39, 0.29) is 11.9 Å². The molecule has 4 nitrogen and oxygen atoms in total. The first-order valence-electron chi connectivity index (χ1n) is 5.17. The van der Waals surface area contributed by atoms with E-state index in [9.17, 15) is 4.79 Å². The summed E-state index contributed by atoms with van der Waals surface area (Å²) in [5.74, 6) is 0.312. The van der Waals surface area contributed by atoms with Gasteiger partial charge in [-0.15, -0.1) is 0 Å². The highest BCUT2D eigenvalue weighted by molar-refractivity contribution is 6.43. The second kappa shape index (κ2) is 4.72. The van der Waals surface area contributed by atoms with E-state index in [2.05, 4.69) is 5.32 Å². The molecule has 1 amide bonds. The third-order valence-electron chi connectivity index (χ3n) is 2.58. The van der Waals surface area contributed by atoms with E-state index < -0.39 is 6.04 Å². The van der Waals surface area contributed by atoms with Gasteiger partial charge in [0.15, 0.2) is 0 Å². The molecule has 2 rings (SSSR count). The van der Waals surface area contributed by atoms with Crippen molar-refractivity contribution in [2.24, 2.45) is 5.73 Å². The second-order valence-electron chi connectivity index (χ2n) is 3.94. The van der Waals surface area contributed by atoms with Gasteiger partial charge in [0.25, 0.3) is 0 Å². The van der Waals surface area contributed by atoms with Crippen molar-refractivity contribution in [3.05, 3.63) is 27.7 Å². The zero-order chi connectivity index (χ0) is 12.6. The molecule has 0 bridgehead atoms. The van der Waals surface area contributed by atoms with Crippen LogP contribution in [-0.4, -0.2) is 18.6 Å². The van der Waals surface area contributed by atoms with Crippen molar-refractivity contribution in [1.29, 1.82) is 0 Å². The third-order valence-corrected chi connectivity index (χ3v) is 3.37. The summed E-state index contributed by atoms with van der Waals surface area (Å²) in [6.45, 7) is 1.97. The molecular formula is C11H12Cl2N2O2. The molecule has 1 aliphatic rings. The number of benzene rings is 1. The van der Waals surface area contributed by atoms with Crippen molar-refractivity contribution in [2.75, 3.05) is 6.61 Å². The maximum Gasteiger partial charge on any atom is 0.237 e. The predicted octanol–water partition coefficient (Wildman–Crippen LogP) is 1.89. The molecule has 0 aromatic heterocycles. The number of carbonyl (C=O) groups is 1. The van der Waals surface area contributed by atoms with Gasteiger partial charge in [0.05, 0.1) is 17.1 Å². The van der Waals surface area contributed by atoms with Crippen molar-refractivity contribution in [3.8, 4) is 5.75 Å². The van der Waals surface area contributed by atoms with E-state index in [0.29, 0.717) is 22.4 Å². The maximum atomic E-state index is 11.5. The molecule has 1 aliphatic heterocycles. The lowest BCUT2D eigenvalue weighted by atomic mass is 10.1. The van der Waals surface area contributed by atoms with Crippen LogP contribution in [0.2, 0.25) is 10.0 Å². The normalized spacial score (nSPS) is 19.4. The Morgan fingerprint density at radius 3 is 2.94 bits per heavy atom. The van der Waals surface area contributed by atoms with Gasteiger partial charge < -0.3 is 15.8 Å². The van der Waals surface area contributed by atoms with E-state index in [1.807, 2.05) is 0 Å². The third kappa shape index (κ3) is 2.34. The quantitative estimate of drug-likeness (QED) is 0.866. The van der Waals surface area contributed by atoms with Crippen molar-refractivity contribution in [3.63, 3.8) is 0 Å². The zero-order valence-electron chi connectivity index (χ0n) is 9.17. The van der Waals surface area contributed by atoms with Crippen LogP contribution < -0.4 is 15.8 Å². The number of nitrogens with one attached hydrogen (secondary N) is 1. The molecule has 92 valence electrons. The van der Waals surface area contributed by atoms with Crippen molar-refractivity contribution in [2.45, 2.75) is 19.0 Å². The molecule has 0 saturated carbocycles. The highest BCUT2D eigenvalue weighted by atomic mass is 35.5. The molecule has 1 aromatic carbocycles. The van der Waals surface area contributed by atoms with Crippen LogP contribution in [0.1, 0.15) is 18.5 Å². The molecule has 0 spiro atoms. The number of carbonyl (C=O) groups excluding carboxylic acids is 1. The largest absolute Gasteiger partial charge is 0.489 e. The number of halogens is 2. The maximum absolute atomic E-state index is 11.5. The Balaban J connectivity index is 2.23. The van der Waals surface area contributed by atoms with Gasteiger partial charge in [0.1, 0.15) is 17.4 Å². The fourth-order valence-corrected chi connectivity index (χ4v) is 2.02. The molecular weight excluding hydrogens is 263 g/mol. The lowest BCUT2D eigenvalue weighted by molar-refractivity contribution is -0.122. The van der Waals surface area contributed by atoms with E-state index in [4.69, 9.17) is 33.7 Å². The van der Waals surface area contributed by atoms with Gasteiger partial charge in [-0.3, -0.25) is 4.79 Å². The molecule has 0 fully saturated rings. The van der Waals surface area contributed by atoms with Crippen LogP contribution in [-0.2, 0) is 4.79 Å². The van der Waals surface area contributed by atoms with Crippen LogP contribution >= 0.6 is 23.2 Å².